The van der Waals surface area contributed by atoms with Gasteiger partial charge in [0, 0.05) is 13.0 Å². The van der Waals surface area contributed by atoms with E-state index in [0.29, 0.717) is 13.2 Å². The lowest BCUT2D eigenvalue weighted by Crippen LogP contribution is -2.28. The first kappa shape index (κ1) is 14.2. The third-order valence-corrected chi connectivity index (χ3v) is 2.72. The van der Waals surface area contributed by atoms with Crippen LogP contribution in [0.15, 0.2) is 36.7 Å². The second-order valence-corrected chi connectivity index (χ2v) is 4.36. The van der Waals surface area contributed by atoms with Gasteiger partial charge in [-0.1, -0.05) is 30.3 Å². The van der Waals surface area contributed by atoms with Gasteiger partial charge in [0.25, 0.3) is 0 Å². The Balaban J connectivity index is 1.52. The standard InChI is InChI=1S/C14H18N4O2/c19-14(10-20-9-12-5-2-1-3-6-12)15-8-4-7-13-16-11-17-18-13/h1-3,5-6,11H,4,7-10H2,(H,15,19)(H,16,17,18). The summed E-state index contributed by atoms with van der Waals surface area (Å²) >= 11 is 0. The molecular formula is C14H18N4O2. The monoisotopic (exact) mass is 274 g/mol. The average Bonchev–Trinajstić information content (AvgIpc) is 2.98. The van der Waals surface area contributed by atoms with Crippen molar-refractivity contribution in [2.45, 2.75) is 19.4 Å². The van der Waals surface area contributed by atoms with Crippen molar-refractivity contribution in [1.82, 2.24) is 20.5 Å². The fourth-order valence-corrected chi connectivity index (χ4v) is 1.72. The number of carbonyl (C=O) groups is 1. The molecule has 20 heavy (non-hydrogen) atoms. The van der Waals surface area contributed by atoms with Crippen LogP contribution in [0, 0.1) is 0 Å². The van der Waals surface area contributed by atoms with Crippen LogP contribution in [-0.4, -0.2) is 34.2 Å². The lowest BCUT2D eigenvalue weighted by atomic mass is 10.2. The predicted octanol–water partition coefficient (Wildman–Crippen LogP) is 1.07. The Morgan fingerprint density at radius 3 is 2.90 bits per heavy atom. The van der Waals surface area contributed by atoms with Gasteiger partial charge in [-0.25, -0.2) is 4.98 Å². The summed E-state index contributed by atoms with van der Waals surface area (Å²) in [5.41, 5.74) is 1.06. The number of hydrogen-bond donors (Lipinski definition) is 2. The van der Waals surface area contributed by atoms with Gasteiger partial charge in [-0.2, -0.15) is 5.10 Å². The minimum atomic E-state index is -0.0986. The molecular weight excluding hydrogens is 256 g/mol. The molecule has 0 aliphatic heterocycles. The molecule has 0 aliphatic rings. The van der Waals surface area contributed by atoms with Gasteiger partial charge >= 0.3 is 0 Å². The Morgan fingerprint density at radius 1 is 1.30 bits per heavy atom. The average molecular weight is 274 g/mol. The van der Waals surface area contributed by atoms with Crippen molar-refractivity contribution in [3.8, 4) is 0 Å². The molecule has 0 spiro atoms. The summed E-state index contributed by atoms with van der Waals surface area (Å²) in [6.07, 6.45) is 3.07. The van der Waals surface area contributed by atoms with Gasteiger partial charge in [0.05, 0.1) is 6.61 Å². The van der Waals surface area contributed by atoms with Gasteiger partial charge in [0.15, 0.2) is 0 Å². The number of aromatic nitrogens is 3. The number of hydrogen-bond acceptors (Lipinski definition) is 4. The van der Waals surface area contributed by atoms with E-state index < -0.39 is 0 Å². The molecule has 1 aromatic carbocycles. The molecule has 2 N–H and O–H groups in total. The van der Waals surface area contributed by atoms with E-state index in [4.69, 9.17) is 4.74 Å². The number of aromatic amines is 1. The summed E-state index contributed by atoms with van der Waals surface area (Å²) in [5.74, 6) is 0.734. The van der Waals surface area contributed by atoms with E-state index in [2.05, 4.69) is 20.5 Å². The minimum absolute atomic E-state index is 0.0806. The third-order valence-electron chi connectivity index (χ3n) is 2.72. The molecule has 0 saturated carbocycles. The number of aryl methyl sites for hydroxylation is 1. The van der Waals surface area contributed by atoms with Crippen LogP contribution in [-0.2, 0) is 22.6 Å². The zero-order valence-electron chi connectivity index (χ0n) is 11.2. The van der Waals surface area contributed by atoms with Crippen LogP contribution < -0.4 is 5.32 Å². The van der Waals surface area contributed by atoms with E-state index in [1.807, 2.05) is 30.3 Å². The van der Waals surface area contributed by atoms with Crippen molar-refractivity contribution in [3.63, 3.8) is 0 Å². The highest BCUT2D eigenvalue weighted by Gasteiger charge is 2.02. The Kier molecular flexibility index (Phi) is 5.72. The van der Waals surface area contributed by atoms with Crippen LogP contribution in [0.1, 0.15) is 17.8 Å². The van der Waals surface area contributed by atoms with Crippen LogP contribution in [0.3, 0.4) is 0 Å². The number of H-pyrrole nitrogens is 1. The van der Waals surface area contributed by atoms with Gasteiger partial charge < -0.3 is 10.1 Å². The molecule has 1 heterocycles. The fourth-order valence-electron chi connectivity index (χ4n) is 1.72. The fraction of sp³-hybridized carbons (Fsp3) is 0.357. The first-order valence-corrected chi connectivity index (χ1v) is 6.57. The van der Waals surface area contributed by atoms with Crippen LogP contribution >= 0.6 is 0 Å². The van der Waals surface area contributed by atoms with Gasteiger partial charge in [0.2, 0.25) is 5.91 Å². The predicted molar refractivity (Wildman–Crippen MR) is 73.8 cm³/mol. The summed E-state index contributed by atoms with van der Waals surface area (Å²) in [7, 11) is 0. The zero-order chi connectivity index (χ0) is 14.0. The molecule has 2 rings (SSSR count). The first-order valence-electron chi connectivity index (χ1n) is 6.57. The first-order chi connectivity index (χ1) is 9.84. The normalized spacial score (nSPS) is 10.4. The van der Waals surface area contributed by atoms with Crippen molar-refractivity contribution >= 4 is 5.91 Å². The molecule has 6 nitrogen and oxygen atoms in total. The quantitative estimate of drug-likeness (QED) is 0.706. The van der Waals surface area contributed by atoms with E-state index in [1.54, 1.807) is 0 Å². The minimum Gasteiger partial charge on any atom is -0.367 e. The van der Waals surface area contributed by atoms with E-state index in [0.717, 1.165) is 24.2 Å². The smallest absolute Gasteiger partial charge is 0.246 e. The van der Waals surface area contributed by atoms with Crippen LogP contribution in [0.5, 0.6) is 0 Å². The molecule has 106 valence electrons. The molecule has 1 aromatic heterocycles. The van der Waals surface area contributed by atoms with Crippen molar-refractivity contribution in [3.05, 3.63) is 48.0 Å². The largest absolute Gasteiger partial charge is 0.367 e. The second kappa shape index (κ2) is 8.06. The number of amides is 1. The molecule has 6 heteroatoms. The van der Waals surface area contributed by atoms with E-state index in [1.165, 1.54) is 6.33 Å². The van der Waals surface area contributed by atoms with Crippen LogP contribution in [0.2, 0.25) is 0 Å². The summed E-state index contributed by atoms with van der Waals surface area (Å²) in [6.45, 7) is 1.14. The highest BCUT2D eigenvalue weighted by atomic mass is 16.5. The third kappa shape index (κ3) is 5.19. The molecule has 0 fully saturated rings. The van der Waals surface area contributed by atoms with E-state index in [9.17, 15) is 4.79 Å². The van der Waals surface area contributed by atoms with Crippen molar-refractivity contribution in [2.24, 2.45) is 0 Å². The van der Waals surface area contributed by atoms with Gasteiger partial charge in [-0.15, -0.1) is 0 Å². The molecule has 0 atom stereocenters. The maximum absolute atomic E-state index is 11.5. The SMILES string of the molecule is O=C(COCc1ccccc1)NCCCc1ncn[nH]1. The van der Waals surface area contributed by atoms with Crippen molar-refractivity contribution < 1.29 is 9.53 Å². The van der Waals surface area contributed by atoms with Gasteiger partial charge in [-0.3, -0.25) is 9.89 Å². The number of nitrogens with one attached hydrogen (secondary N) is 2. The summed E-state index contributed by atoms with van der Waals surface area (Å²) in [4.78, 5) is 15.5. The molecule has 1 amide bonds. The van der Waals surface area contributed by atoms with Crippen LogP contribution in [0.25, 0.3) is 0 Å². The van der Waals surface area contributed by atoms with E-state index >= 15 is 0 Å². The zero-order valence-corrected chi connectivity index (χ0v) is 11.2. The Bertz CT molecular complexity index is 499. The number of carbonyl (C=O) groups excluding carboxylic acids is 1. The summed E-state index contributed by atoms with van der Waals surface area (Å²) in [5, 5.41) is 9.35. The number of nitrogens with zero attached hydrogens (tertiary/aromatic N) is 2. The summed E-state index contributed by atoms with van der Waals surface area (Å²) < 4.78 is 5.34. The molecule has 2 aromatic rings. The van der Waals surface area contributed by atoms with Crippen LogP contribution in [0.4, 0.5) is 0 Å². The molecule has 0 aliphatic carbocycles. The Hall–Kier alpha value is -2.21. The molecule has 0 bridgehead atoms. The van der Waals surface area contributed by atoms with Gasteiger partial charge in [0.1, 0.15) is 18.8 Å². The maximum Gasteiger partial charge on any atom is 0.246 e. The number of benzene rings is 1. The number of ether oxygens (including phenoxy) is 1. The van der Waals surface area contributed by atoms with Crippen molar-refractivity contribution in [2.75, 3.05) is 13.2 Å². The lowest BCUT2D eigenvalue weighted by molar-refractivity contribution is -0.126. The molecule has 0 radical (unpaired) electrons. The summed E-state index contributed by atoms with van der Waals surface area (Å²) in [6, 6.07) is 9.78. The molecule has 0 saturated heterocycles. The highest BCUT2D eigenvalue weighted by molar-refractivity contribution is 5.77. The van der Waals surface area contributed by atoms with Gasteiger partial charge in [-0.05, 0) is 12.0 Å². The Morgan fingerprint density at radius 2 is 2.15 bits per heavy atom. The van der Waals surface area contributed by atoms with Crippen molar-refractivity contribution in [1.29, 1.82) is 0 Å². The van der Waals surface area contributed by atoms with E-state index in [-0.39, 0.29) is 12.5 Å². The topological polar surface area (TPSA) is 79.9 Å². The number of rotatable bonds is 8. The Labute approximate surface area is 117 Å². The maximum atomic E-state index is 11.5. The molecule has 0 unspecified atom stereocenters. The second-order valence-electron chi connectivity index (χ2n) is 4.36. The highest BCUT2D eigenvalue weighted by Crippen LogP contribution is 1.99. The lowest BCUT2D eigenvalue weighted by Gasteiger charge is -2.06.